The van der Waals surface area contributed by atoms with Crippen molar-refractivity contribution >= 4 is 22.0 Å². The first-order chi connectivity index (χ1) is 13.7. The number of aryl methyl sites for hydroxylation is 2. The van der Waals surface area contributed by atoms with Crippen LogP contribution in [0.3, 0.4) is 0 Å². The van der Waals surface area contributed by atoms with Gasteiger partial charge >= 0.3 is 0 Å². The third-order valence-corrected chi connectivity index (χ3v) is 7.45. The second kappa shape index (κ2) is 8.51. The molecule has 1 aliphatic rings. The van der Waals surface area contributed by atoms with Crippen molar-refractivity contribution in [2.75, 3.05) is 26.2 Å². The van der Waals surface area contributed by atoms with Gasteiger partial charge < -0.3 is 4.90 Å². The number of amides is 1. The van der Waals surface area contributed by atoms with Gasteiger partial charge in [0.25, 0.3) is 0 Å². The molecule has 0 unspecified atom stereocenters. The van der Waals surface area contributed by atoms with Crippen LogP contribution in [-0.2, 0) is 21.9 Å². The number of rotatable bonds is 4. The first-order valence-electron chi connectivity index (χ1n) is 9.75. The Labute approximate surface area is 172 Å². The molecule has 1 amide bonds. The molecule has 1 saturated heterocycles. The first kappa shape index (κ1) is 21.3. The van der Waals surface area contributed by atoms with Crippen LogP contribution < -0.4 is 0 Å². The zero-order valence-electron chi connectivity index (χ0n) is 17.4. The molecule has 0 radical (unpaired) electrons. The van der Waals surface area contributed by atoms with E-state index in [-0.39, 0.29) is 17.3 Å². The third kappa shape index (κ3) is 4.43. The Morgan fingerprint density at radius 1 is 1.07 bits per heavy atom. The van der Waals surface area contributed by atoms with Crippen molar-refractivity contribution in [3.05, 3.63) is 52.9 Å². The van der Waals surface area contributed by atoms with Gasteiger partial charge in [0, 0.05) is 38.8 Å². The van der Waals surface area contributed by atoms with Crippen molar-refractivity contribution in [3.63, 3.8) is 0 Å². The van der Waals surface area contributed by atoms with E-state index in [4.69, 9.17) is 0 Å². The van der Waals surface area contributed by atoms with E-state index in [9.17, 15) is 13.2 Å². The van der Waals surface area contributed by atoms with E-state index < -0.39 is 10.0 Å². The Kier molecular flexibility index (Phi) is 6.24. The number of hydrogen-bond donors (Lipinski definition) is 0. The standard InChI is InChI=1S/C21H28N4O3S/c1-16(15-19-9-6-5-7-10-19)21(26)24-11-8-12-25(14-13-24)29(27,28)20-17(2)22-23(4)18(20)3/h5-7,9-10,15H,8,11-14H2,1-4H3/b16-15+. The highest BCUT2D eigenvalue weighted by atomic mass is 32.2. The maximum absolute atomic E-state index is 13.2. The minimum Gasteiger partial charge on any atom is -0.338 e. The minimum atomic E-state index is -3.65. The fourth-order valence-electron chi connectivity index (χ4n) is 3.70. The van der Waals surface area contributed by atoms with Gasteiger partial charge in [0.2, 0.25) is 15.9 Å². The van der Waals surface area contributed by atoms with Gasteiger partial charge in [-0.3, -0.25) is 9.48 Å². The third-order valence-electron chi connectivity index (χ3n) is 5.30. The minimum absolute atomic E-state index is 0.0539. The summed E-state index contributed by atoms with van der Waals surface area (Å²) in [6.45, 7) is 6.86. The van der Waals surface area contributed by atoms with Crippen LogP contribution in [0.1, 0.15) is 30.3 Å². The van der Waals surface area contributed by atoms with Crippen LogP contribution in [0.2, 0.25) is 0 Å². The van der Waals surface area contributed by atoms with Crippen LogP contribution in [-0.4, -0.2) is 59.5 Å². The van der Waals surface area contributed by atoms with E-state index in [1.165, 1.54) is 4.31 Å². The molecule has 2 aromatic rings. The van der Waals surface area contributed by atoms with Crippen molar-refractivity contribution in [2.45, 2.75) is 32.1 Å². The summed E-state index contributed by atoms with van der Waals surface area (Å²) in [5.41, 5.74) is 2.75. The van der Waals surface area contributed by atoms with Gasteiger partial charge in [-0.1, -0.05) is 30.3 Å². The molecule has 2 heterocycles. The molecule has 0 aliphatic carbocycles. The molecule has 1 aromatic heterocycles. The monoisotopic (exact) mass is 416 g/mol. The molecule has 156 valence electrons. The average molecular weight is 417 g/mol. The zero-order valence-corrected chi connectivity index (χ0v) is 18.2. The summed E-state index contributed by atoms with van der Waals surface area (Å²) in [6, 6.07) is 9.70. The Balaban J connectivity index is 1.75. The highest BCUT2D eigenvalue weighted by Gasteiger charge is 2.32. The largest absolute Gasteiger partial charge is 0.338 e. The van der Waals surface area contributed by atoms with Gasteiger partial charge in [-0.05, 0) is 38.8 Å². The van der Waals surface area contributed by atoms with Crippen LogP contribution in [0, 0.1) is 13.8 Å². The Hall–Kier alpha value is -2.45. The molecule has 29 heavy (non-hydrogen) atoms. The van der Waals surface area contributed by atoms with E-state index in [1.807, 2.05) is 36.4 Å². The SMILES string of the molecule is C/C(=C\c1ccccc1)C(=O)N1CCCN(S(=O)(=O)c2c(C)nn(C)c2C)CC1. The normalized spacial score (nSPS) is 16.7. The molecule has 0 N–H and O–H groups in total. The highest BCUT2D eigenvalue weighted by Crippen LogP contribution is 2.24. The van der Waals surface area contributed by atoms with Crippen LogP contribution >= 0.6 is 0 Å². The lowest BCUT2D eigenvalue weighted by Crippen LogP contribution is -2.37. The molecule has 7 nitrogen and oxygen atoms in total. The summed E-state index contributed by atoms with van der Waals surface area (Å²) in [7, 11) is -1.90. The average Bonchev–Trinajstić information content (AvgIpc) is 2.86. The number of nitrogens with zero attached hydrogens (tertiary/aromatic N) is 4. The fraction of sp³-hybridized carbons (Fsp3) is 0.429. The van der Waals surface area contributed by atoms with Crippen molar-refractivity contribution in [3.8, 4) is 0 Å². The summed E-state index contributed by atoms with van der Waals surface area (Å²) in [5.74, 6) is -0.0539. The molecule has 0 saturated carbocycles. The number of benzene rings is 1. The van der Waals surface area contributed by atoms with Crippen LogP contribution in [0.5, 0.6) is 0 Å². The molecule has 0 atom stereocenters. The Morgan fingerprint density at radius 3 is 2.38 bits per heavy atom. The number of sulfonamides is 1. The molecule has 0 bridgehead atoms. The van der Waals surface area contributed by atoms with Gasteiger partial charge in [0.1, 0.15) is 4.90 Å². The van der Waals surface area contributed by atoms with E-state index in [0.717, 1.165) is 5.56 Å². The van der Waals surface area contributed by atoms with Gasteiger partial charge in [-0.25, -0.2) is 8.42 Å². The van der Waals surface area contributed by atoms with Gasteiger partial charge in [-0.15, -0.1) is 0 Å². The predicted octanol–water partition coefficient (Wildman–Crippen LogP) is 2.36. The van der Waals surface area contributed by atoms with Crippen molar-refractivity contribution in [1.29, 1.82) is 0 Å². The van der Waals surface area contributed by atoms with Gasteiger partial charge in [0.15, 0.2) is 0 Å². The molecule has 1 aliphatic heterocycles. The maximum Gasteiger partial charge on any atom is 0.249 e. The topological polar surface area (TPSA) is 75.5 Å². The predicted molar refractivity (Wildman–Crippen MR) is 113 cm³/mol. The summed E-state index contributed by atoms with van der Waals surface area (Å²) < 4.78 is 29.5. The second-order valence-corrected chi connectivity index (χ2v) is 9.29. The summed E-state index contributed by atoms with van der Waals surface area (Å²) >= 11 is 0. The number of hydrogen-bond acceptors (Lipinski definition) is 4. The lowest BCUT2D eigenvalue weighted by molar-refractivity contribution is -0.126. The zero-order chi connectivity index (χ0) is 21.2. The molecule has 1 aromatic carbocycles. The molecule has 1 fully saturated rings. The lowest BCUT2D eigenvalue weighted by atomic mass is 10.1. The van der Waals surface area contributed by atoms with E-state index in [2.05, 4.69) is 5.10 Å². The van der Waals surface area contributed by atoms with Crippen LogP contribution in [0.15, 0.2) is 40.8 Å². The molecular formula is C21H28N4O3S. The van der Waals surface area contributed by atoms with E-state index in [0.29, 0.717) is 43.0 Å². The molecule has 3 rings (SSSR count). The van der Waals surface area contributed by atoms with Crippen molar-refractivity contribution in [2.24, 2.45) is 7.05 Å². The van der Waals surface area contributed by atoms with Crippen LogP contribution in [0.25, 0.3) is 6.08 Å². The van der Waals surface area contributed by atoms with Crippen molar-refractivity contribution < 1.29 is 13.2 Å². The Bertz CT molecular complexity index is 1030. The highest BCUT2D eigenvalue weighted by molar-refractivity contribution is 7.89. The smallest absolute Gasteiger partial charge is 0.249 e. The fourth-order valence-corrected chi connectivity index (χ4v) is 5.57. The van der Waals surface area contributed by atoms with Crippen molar-refractivity contribution in [1.82, 2.24) is 19.0 Å². The number of carbonyl (C=O) groups is 1. The Morgan fingerprint density at radius 2 is 1.76 bits per heavy atom. The van der Waals surface area contributed by atoms with E-state index in [1.54, 1.807) is 37.4 Å². The second-order valence-electron chi connectivity index (χ2n) is 7.41. The lowest BCUT2D eigenvalue weighted by Gasteiger charge is -2.22. The summed E-state index contributed by atoms with van der Waals surface area (Å²) in [6.07, 6.45) is 2.46. The molecule has 8 heteroatoms. The first-order valence-corrected chi connectivity index (χ1v) is 11.2. The number of carbonyl (C=O) groups excluding carboxylic acids is 1. The maximum atomic E-state index is 13.2. The molecular weight excluding hydrogens is 388 g/mol. The summed E-state index contributed by atoms with van der Waals surface area (Å²) in [5, 5.41) is 4.24. The summed E-state index contributed by atoms with van der Waals surface area (Å²) in [4.78, 5) is 14.9. The molecule has 0 spiro atoms. The van der Waals surface area contributed by atoms with Gasteiger partial charge in [-0.2, -0.15) is 9.40 Å². The van der Waals surface area contributed by atoms with Crippen LogP contribution in [0.4, 0.5) is 0 Å². The number of aromatic nitrogens is 2. The van der Waals surface area contributed by atoms with E-state index >= 15 is 0 Å². The quantitative estimate of drug-likeness (QED) is 0.717. The van der Waals surface area contributed by atoms with Gasteiger partial charge in [0.05, 0.1) is 11.4 Å².